The molecular formula is C10H18FNO. The molecule has 1 amide bonds. The number of rotatable bonds is 2. The van der Waals surface area contributed by atoms with Crippen LogP contribution in [0.15, 0.2) is 0 Å². The maximum Gasteiger partial charge on any atom is 0.217 e. The van der Waals surface area contributed by atoms with Crippen molar-refractivity contribution < 1.29 is 9.18 Å². The molecule has 0 aromatic heterocycles. The molecule has 3 atom stereocenters. The molecule has 1 rings (SSSR count). The van der Waals surface area contributed by atoms with Gasteiger partial charge in [-0.3, -0.25) is 4.79 Å². The van der Waals surface area contributed by atoms with Crippen LogP contribution in [-0.4, -0.2) is 18.1 Å². The summed E-state index contributed by atoms with van der Waals surface area (Å²) in [7, 11) is 0. The molecule has 13 heavy (non-hydrogen) atoms. The van der Waals surface area contributed by atoms with Gasteiger partial charge in [-0.05, 0) is 25.2 Å². The monoisotopic (exact) mass is 187 g/mol. The van der Waals surface area contributed by atoms with Crippen molar-refractivity contribution in [2.45, 2.75) is 51.7 Å². The average Bonchev–Trinajstić information content (AvgIpc) is 2.08. The molecular weight excluding hydrogens is 169 g/mol. The van der Waals surface area contributed by atoms with Crippen molar-refractivity contribution in [3.63, 3.8) is 0 Å². The van der Waals surface area contributed by atoms with Crippen LogP contribution in [0.1, 0.15) is 39.5 Å². The molecule has 1 aliphatic carbocycles. The molecule has 1 aliphatic rings. The Morgan fingerprint density at radius 2 is 2.23 bits per heavy atom. The first-order chi connectivity index (χ1) is 6.13. The number of alkyl halides is 1. The first-order valence-electron chi connectivity index (χ1n) is 5.04. The number of amides is 1. The lowest BCUT2D eigenvalue weighted by Gasteiger charge is -2.31. The summed E-state index contributed by atoms with van der Waals surface area (Å²) in [5, 5.41) is 2.66. The van der Waals surface area contributed by atoms with Gasteiger partial charge in [-0.15, -0.1) is 0 Å². The molecule has 1 fully saturated rings. The molecule has 0 aliphatic heterocycles. The molecule has 0 heterocycles. The summed E-state index contributed by atoms with van der Waals surface area (Å²) >= 11 is 0. The molecule has 76 valence electrons. The minimum atomic E-state index is -0.845. The van der Waals surface area contributed by atoms with Gasteiger partial charge < -0.3 is 5.32 Å². The predicted octanol–water partition coefficient (Wildman–Crippen LogP) is 2.04. The van der Waals surface area contributed by atoms with Crippen LogP contribution in [0, 0.1) is 5.92 Å². The van der Waals surface area contributed by atoms with Crippen molar-refractivity contribution in [2.24, 2.45) is 5.92 Å². The summed E-state index contributed by atoms with van der Waals surface area (Å²) in [6, 6.07) is -0.236. The number of carbonyl (C=O) groups is 1. The third kappa shape index (κ3) is 2.98. The van der Waals surface area contributed by atoms with Crippen molar-refractivity contribution in [3.05, 3.63) is 0 Å². The van der Waals surface area contributed by atoms with Gasteiger partial charge in [0.1, 0.15) is 6.17 Å². The Balaban J connectivity index is 2.39. The Morgan fingerprint density at radius 1 is 1.54 bits per heavy atom. The molecule has 1 saturated carbocycles. The van der Waals surface area contributed by atoms with Gasteiger partial charge in [0.05, 0.1) is 6.04 Å². The quantitative estimate of drug-likeness (QED) is 0.704. The van der Waals surface area contributed by atoms with E-state index in [2.05, 4.69) is 12.2 Å². The molecule has 1 N–H and O–H groups in total. The second kappa shape index (κ2) is 4.58. The summed E-state index contributed by atoms with van der Waals surface area (Å²) in [5.41, 5.74) is 0. The zero-order valence-corrected chi connectivity index (χ0v) is 8.35. The van der Waals surface area contributed by atoms with Crippen LogP contribution < -0.4 is 5.32 Å². The maximum absolute atomic E-state index is 13.4. The highest BCUT2D eigenvalue weighted by Gasteiger charge is 2.29. The second-order valence-electron chi connectivity index (χ2n) is 3.91. The zero-order valence-electron chi connectivity index (χ0n) is 8.35. The van der Waals surface area contributed by atoms with E-state index >= 15 is 0 Å². The molecule has 0 saturated heterocycles. The van der Waals surface area contributed by atoms with Crippen LogP contribution in [0.3, 0.4) is 0 Å². The van der Waals surface area contributed by atoms with Crippen LogP contribution in [-0.2, 0) is 4.79 Å². The summed E-state index contributed by atoms with van der Waals surface area (Å²) in [6.07, 6.45) is 2.65. The molecule has 0 spiro atoms. The third-order valence-electron chi connectivity index (χ3n) is 2.85. The highest BCUT2D eigenvalue weighted by Crippen LogP contribution is 2.28. The predicted molar refractivity (Wildman–Crippen MR) is 50.1 cm³/mol. The Labute approximate surface area is 78.9 Å². The zero-order chi connectivity index (χ0) is 9.84. The van der Waals surface area contributed by atoms with E-state index < -0.39 is 6.17 Å². The Bertz CT molecular complexity index is 184. The van der Waals surface area contributed by atoms with Gasteiger partial charge in [0.25, 0.3) is 0 Å². The molecule has 0 radical (unpaired) electrons. The van der Waals surface area contributed by atoms with Gasteiger partial charge in [0.2, 0.25) is 5.91 Å². The van der Waals surface area contributed by atoms with E-state index in [4.69, 9.17) is 0 Å². The lowest BCUT2D eigenvalue weighted by molar-refractivity contribution is -0.120. The van der Waals surface area contributed by atoms with Crippen LogP contribution in [0.2, 0.25) is 0 Å². The number of hydrogen-bond acceptors (Lipinski definition) is 1. The SMILES string of the molecule is CC[C@H]1CC[C@@H](NC(C)=O)[C@@H](F)C1. The van der Waals surface area contributed by atoms with Crippen LogP contribution >= 0.6 is 0 Å². The molecule has 0 unspecified atom stereocenters. The molecule has 2 nitrogen and oxygen atoms in total. The van der Waals surface area contributed by atoms with Gasteiger partial charge in [-0.1, -0.05) is 13.3 Å². The van der Waals surface area contributed by atoms with Crippen LogP contribution in [0.5, 0.6) is 0 Å². The molecule has 0 aromatic carbocycles. The fraction of sp³-hybridized carbons (Fsp3) is 0.900. The minimum Gasteiger partial charge on any atom is -0.351 e. The van der Waals surface area contributed by atoms with Gasteiger partial charge in [0.15, 0.2) is 0 Å². The van der Waals surface area contributed by atoms with Crippen molar-refractivity contribution in [1.29, 1.82) is 0 Å². The highest BCUT2D eigenvalue weighted by atomic mass is 19.1. The number of carbonyl (C=O) groups excluding carboxylic acids is 1. The third-order valence-corrected chi connectivity index (χ3v) is 2.85. The fourth-order valence-electron chi connectivity index (χ4n) is 1.99. The Hall–Kier alpha value is -0.600. The summed E-state index contributed by atoms with van der Waals surface area (Å²) < 4.78 is 13.4. The first-order valence-corrected chi connectivity index (χ1v) is 5.04. The summed E-state index contributed by atoms with van der Waals surface area (Å²) in [5.74, 6) is 0.391. The summed E-state index contributed by atoms with van der Waals surface area (Å²) in [6.45, 7) is 3.54. The second-order valence-corrected chi connectivity index (χ2v) is 3.91. The highest BCUT2D eigenvalue weighted by molar-refractivity contribution is 5.73. The maximum atomic E-state index is 13.4. The van der Waals surface area contributed by atoms with E-state index in [9.17, 15) is 9.18 Å². The topological polar surface area (TPSA) is 29.1 Å². The lowest BCUT2D eigenvalue weighted by Crippen LogP contribution is -2.44. The molecule has 0 bridgehead atoms. The van der Waals surface area contributed by atoms with E-state index in [0.717, 1.165) is 19.3 Å². The number of halogens is 1. The van der Waals surface area contributed by atoms with Gasteiger partial charge >= 0.3 is 0 Å². The van der Waals surface area contributed by atoms with Crippen LogP contribution in [0.4, 0.5) is 4.39 Å². The van der Waals surface area contributed by atoms with Gasteiger partial charge in [0, 0.05) is 6.92 Å². The first kappa shape index (κ1) is 10.5. The normalized spacial score (nSPS) is 34.2. The largest absolute Gasteiger partial charge is 0.351 e. The van der Waals surface area contributed by atoms with Gasteiger partial charge in [-0.2, -0.15) is 0 Å². The smallest absolute Gasteiger partial charge is 0.217 e. The van der Waals surface area contributed by atoms with Crippen molar-refractivity contribution in [3.8, 4) is 0 Å². The van der Waals surface area contributed by atoms with Gasteiger partial charge in [-0.25, -0.2) is 4.39 Å². The Morgan fingerprint density at radius 3 is 2.69 bits per heavy atom. The van der Waals surface area contributed by atoms with E-state index in [1.165, 1.54) is 6.92 Å². The van der Waals surface area contributed by atoms with E-state index in [1.807, 2.05) is 0 Å². The van der Waals surface area contributed by atoms with Crippen molar-refractivity contribution >= 4 is 5.91 Å². The Kier molecular flexibility index (Phi) is 3.70. The summed E-state index contributed by atoms with van der Waals surface area (Å²) in [4.78, 5) is 10.7. The van der Waals surface area contributed by atoms with E-state index in [1.54, 1.807) is 0 Å². The molecule has 0 aromatic rings. The van der Waals surface area contributed by atoms with Crippen molar-refractivity contribution in [2.75, 3.05) is 0 Å². The van der Waals surface area contributed by atoms with E-state index in [-0.39, 0.29) is 11.9 Å². The number of nitrogens with one attached hydrogen (secondary N) is 1. The van der Waals surface area contributed by atoms with Crippen LogP contribution in [0.25, 0.3) is 0 Å². The lowest BCUT2D eigenvalue weighted by atomic mass is 9.83. The standard InChI is InChI=1S/C10H18FNO/c1-3-8-4-5-10(9(11)6-8)12-7(2)13/h8-10H,3-6H2,1-2H3,(H,12,13)/t8-,9-,10+/m0/s1. The molecule has 3 heteroatoms. The van der Waals surface area contributed by atoms with Crippen molar-refractivity contribution in [1.82, 2.24) is 5.32 Å². The fourth-order valence-corrected chi connectivity index (χ4v) is 1.99. The number of hydrogen-bond donors (Lipinski definition) is 1. The van der Waals surface area contributed by atoms with E-state index in [0.29, 0.717) is 12.3 Å². The minimum absolute atomic E-state index is 0.123. The average molecular weight is 187 g/mol.